The minimum absolute atomic E-state index is 0.247. The molecule has 120 valence electrons. The molecule has 1 atom stereocenters. The third-order valence-corrected chi connectivity index (χ3v) is 6.60. The molecule has 3 nitrogen and oxygen atoms in total. The molecule has 0 saturated heterocycles. The van der Waals surface area contributed by atoms with Gasteiger partial charge in [0.1, 0.15) is 9.84 Å². The maximum atomic E-state index is 11.5. The number of aryl methyl sites for hydroxylation is 1. The predicted molar refractivity (Wildman–Crippen MR) is 92.9 cm³/mol. The van der Waals surface area contributed by atoms with Gasteiger partial charge < -0.3 is 5.32 Å². The zero-order chi connectivity index (χ0) is 15.7. The standard InChI is InChI=1S/C16H27NO2S2/c1-4-17-15(10-8-12-21(18,19)5-2)13-20-16-11-7-6-9-14(16)3/h6-7,9,11,15,17H,4-5,8,10,12-13H2,1-3H3. The number of sulfone groups is 1. The minimum atomic E-state index is -2.84. The summed E-state index contributed by atoms with van der Waals surface area (Å²) in [6.07, 6.45) is 1.65. The quantitative estimate of drug-likeness (QED) is 0.669. The van der Waals surface area contributed by atoms with Crippen LogP contribution in [-0.4, -0.2) is 38.3 Å². The largest absolute Gasteiger partial charge is 0.313 e. The molecular weight excluding hydrogens is 302 g/mol. The fraction of sp³-hybridized carbons (Fsp3) is 0.625. The lowest BCUT2D eigenvalue weighted by atomic mass is 10.2. The van der Waals surface area contributed by atoms with E-state index in [1.54, 1.807) is 6.92 Å². The van der Waals surface area contributed by atoms with E-state index in [0.29, 0.717) is 11.8 Å². The second-order valence-electron chi connectivity index (χ2n) is 5.21. The van der Waals surface area contributed by atoms with E-state index < -0.39 is 9.84 Å². The van der Waals surface area contributed by atoms with Crippen LogP contribution in [0.1, 0.15) is 32.3 Å². The normalized spacial score (nSPS) is 13.3. The Bertz CT molecular complexity index is 515. The Balaban J connectivity index is 2.45. The van der Waals surface area contributed by atoms with Crippen molar-refractivity contribution >= 4 is 21.6 Å². The summed E-state index contributed by atoms with van der Waals surface area (Å²) in [4.78, 5) is 1.31. The summed E-state index contributed by atoms with van der Waals surface area (Å²) in [5.74, 6) is 1.53. The zero-order valence-corrected chi connectivity index (χ0v) is 14.9. The average molecular weight is 330 g/mol. The van der Waals surface area contributed by atoms with Crippen LogP contribution in [0.4, 0.5) is 0 Å². The van der Waals surface area contributed by atoms with Crippen molar-refractivity contribution in [3.63, 3.8) is 0 Å². The first-order chi connectivity index (χ1) is 9.98. The third-order valence-electron chi connectivity index (χ3n) is 3.47. The highest BCUT2D eigenvalue weighted by Gasteiger charge is 2.12. The van der Waals surface area contributed by atoms with E-state index in [9.17, 15) is 8.42 Å². The summed E-state index contributed by atoms with van der Waals surface area (Å²) in [7, 11) is -2.84. The van der Waals surface area contributed by atoms with E-state index in [1.807, 2.05) is 11.8 Å². The lowest BCUT2D eigenvalue weighted by molar-refractivity contribution is 0.527. The molecule has 0 aromatic heterocycles. The Hall–Kier alpha value is -0.520. The molecule has 1 aromatic rings. The number of hydrogen-bond donors (Lipinski definition) is 1. The molecule has 1 N–H and O–H groups in total. The van der Waals surface area contributed by atoms with Gasteiger partial charge in [-0.25, -0.2) is 8.42 Å². The van der Waals surface area contributed by atoms with Gasteiger partial charge in [0.05, 0.1) is 5.75 Å². The molecule has 5 heteroatoms. The Morgan fingerprint density at radius 3 is 2.57 bits per heavy atom. The maximum absolute atomic E-state index is 11.5. The first kappa shape index (κ1) is 18.5. The summed E-state index contributed by atoms with van der Waals surface area (Å²) in [6, 6.07) is 8.75. The van der Waals surface area contributed by atoms with Crippen LogP contribution in [0.5, 0.6) is 0 Å². The van der Waals surface area contributed by atoms with Gasteiger partial charge in [0.25, 0.3) is 0 Å². The van der Waals surface area contributed by atoms with Crippen LogP contribution < -0.4 is 5.32 Å². The van der Waals surface area contributed by atoms with Crippen LogP contribution >= 0.6 is 11.8 Å². The van der Waals surface area contributed by atoms with Crippen LogP contribution in [0.2, 0.25) is 0 Å². The van der Waals surface area contributed by atoms with E-state index in [2.05, 4.69) is 43.4 Å². The predicted octanol–water partition coefficient (Wildman–Crippen LogP) is 3.28. The van der Waals surface area contributed by atoms with Crippen LogP contribution in [0, 0.1) is 6.92 Å². The van der Waals surface area contributed by atoms with Crippen molar-refractivity contribution < 1.29 is 8.42 Å². The highest BCUT2D eigenvalue weighted by Crippen LogP contribution is 2.23. The number of hydrogen-bond acceptors (Lipinski definition) is 4. The van der Waals surface area contributed by atoms with Gasteiger partial charge in [-0.05, 0) is 37.9 Å². The van der Waals surface area contributed by atoms with Crippen LogP contribution in [0.25, 0.3) is 0 Å². The van der Waals surface area contributed by atoms with E-state index in [4.69, 9.17) is 0 Å². The Kier molecular flexibility index (Phi) is 8.37. The number of rotatable bonds is 10. The molecule has 0 fully saturated rings. The lowest BCUT2D eigenvalue weighted by Gasteiger charge is -2.18. The summed E-state index contributed by atoms with van der Waals surface area (Å²) in [5.41, 5.74) is 1.30. The second kappa shape index (κ2) is 9.49. The summed E-state index contributed by atoms with van der Waals surface area (Å²) in [6.45, 7) is 6.84. The van der Waals surface area contributed by atoms with Gasteiger partial charge in [0.2, 0.25) is 0 Å². The molecule has 0 saturated carbocycles. The van der Waals surface area contributed by atoms with Crippen LogP contribution in [0.3, 0.4) is 0 Å². The monoisotopic (exact) mass is 329 g/mol. The molecule has 0 aliphatic carbocycles. The van der Waals surface area contributed by atoms with E-state index >= 15 is 0 Å². The highest BCUT2D eigenvalue weighted by atomic mass is 32.2. The Morgan fingerprint density at radius 1 is 1.24 bits per heavy atom. The van der Waals surface area contributed by atoms with Crippen molar-refractivity contribution in [1.82, 2.24) is 5.32 Å². The van der Waals surface area contributed by atoms with Crippen molar-refractivity contribution in [3.8, 4) is 0 Å². The Labute approximate surface area is 133 Å². The van der Waals surface area contributed by atoms with E-state index in [1.165, 1.54) is 10.5 Å². The molecule has 21 heavy (non-hydrogen) atoms. The van der Waals surface area contributed by atoms with Gasteiger partial charge in [0, 0.05) is 22.4 Å². The molecule has 0 bridgehead atoms. The molecule has 0 amide bonds. The number of benzene rings is 1. The van der Waals surface area contributed by atoms with Gasteiger partial charge in [-0.1, -0.05) is 32.0 Å². The third kappa shape index (κ3) is 7.34. The Morgan fingerprint density at radius 2 is 1.95 bits per heavy atom. The molecule has 0 aliphatic rings. The van der Waals surface area contributed by atoms with E-state index in [-0.39, 0.29) is 5.75 Å². The van der Waals surface area contributed by atoms with E-state index in [0.717, 1.165) is 25.1 Å². The topological polar surface area (TPSA) is 46.2 Å². The summed E-state index contributed by atoms with van der Waals surface area (Å²) >= 11 is 1.85. The fourth-order valence-electron chi connectivity index (χ4n) is 2.14. The SMILES string of the molecule is CCNC(CCCS(=O)(=O)CC)CSc1ccccc1C. The van der Waals surface area contributed by atoms with Crippen molar-refractivity contribution in [3.05, 3.63) is 29.8 Å². The van der Waals surface area contributed by atoms with Gasteiger partial charge in [-0.3, -0.25) is 0 Å². The van der Waals surface area contributed by atoms with Crippen molar-refractivity contribution in [2.45, 2.75) is 44.6 Å². The molecule has 1 unspecified atom stereocenters. The minimum Gasteiger partial charge on any atom is -0.313 e. The second-order valence-corrected chi connectivity index (χ2v) is 8.74. The number of thioether (sulfide) groups is 1. The average Bonchev–Trinajstić information content (AvgIpc) is 2.46. The molecular formula is C16H27NO2S2. The molecule has 0 radical (unpaired) electrons. The molecule has 0 aliphatic heterocycles. The van der Waals surface area contributed by atoms with Gasteiger partial charge in [-0.2, -0.15) is 0 Å². The number of nitrogens with one attached hydrogen (secondary N) is 1. The first-order valence-electron chi connectivity index (χ1n) is 7.60. The van der Waals surface area contributed by atoms with Crippen LogP contribution in [-0.2, 0) is 9.84 Å². The molecule has 1 rings (SSSR count). The smallest absolute Gasteiger partial charge is 0.150 e. The van der Waals surface area contributed by atoms with Crippen molar-refractivity contribution in [2.24, 2.45) is 0 Å². The summed E-state index contributed by atoms with van der Waals surface area (Å²) < 4.78 is 23.1. The van der Waals surface area contributed by atoms with Gasteiger partial charge >= 0.3 is 0 Å². The molecule has 1 aromatic carbocycles. The van der Waals surface area contributed by atoms with Gasteiger partial charge in [0.15, 0.2) is 0 Å². The lowest BCUT2D eigenvalue weighted by Crippen LogP contribution is -2.31. The first-order valence-corrected chi connectivity index (χ1v) is 10.4. The van der Waals surface area contributed by atoms with Crippen molar-refractivity contribution in [2.75, 3.05) is 23.8 Å². The summed E-state index contributed by atoms with van der Waals surface area (Å²) in [5, 5.41) is 3.46. The van der Waals surface area contributed by atoms with Gasteiger partial charge in [-0.15, -0.1) is 11.8 Å². The maximum Gasteiger partial charge on any atom is 0.150 e. The zero-order valence-electron chi connectivity index (χ0n) is 13.3. The molecule has 0 heterocycles. The fourth-order valence-corrected chi connectivity index (χ4v) is 4.17. The molecule has 0 spiro atoms. The highest BCUT2D eigenvalue weighted by molar-refractivity contribution is 7.99. The van der Waals surface area contributed by atoms with Crippen molar-refractivity contribution in [1.29, 1.82) is 0 Å². The van der Waals surface area contributed by atoms with Crippen LogP contribution in [0.15, 0.2) is 29.2 Å².